The number of benzene rings is 1. The van der Waals surface area contributed by atoms with E-state index >= 15 is 0 Å². The highest BCUT2D eigenvalue weighted by Gasteiger charge is 2.06. The molecule has 1 aromatic carbocycles. The molecule has 1 aromatic rings. The Labute approximate surface area is 108 Å². The average molecular weight is 243 g/mol. The molecule has 0 spiro atoms. The minimum atomic E-state index is -0.471. The molecule has 0 aromatic heterocycles. The molecular weight excluding hydrogens is 226 g/mol. The van der Waals surface area contributed by atoms with Crippen molar-refractivity contribution in [2.24, 2.45) is 5.92 Å². The molecule has 0 aliphatic carbocycles. The molecule has 0 aliphatic heterocycles. The van der Waals surface area contributed by atoms with Crippen LogP contribution in [-0.4, -0.2) is 12.6 Å². The van der Waals surface area contributed by atoms with Crippen molar-refractivity contribution in [3.8, 4) is 6.07 Å². The summed E-state index contributed by atoms with van der Waals surface area (Å²) in [7, 11) is 0. The lowest BCUT2D eigenvalue weighted by Crippen LogP contribution is -2.07. The van der Waals surface area contributed by atoms with E-state index in [1.165, 1.54) is 6.08 Å². The number of rotatable bonds is 4. The first-order chi connectivity index (χ1) is 8.52. The number of carbonyl (C=O) groups excluding carboxylic acids is 1. The number of carbonyl (C=O) groups is 1. The molecule has 0 aliphatic rings. The van der Waals surface area contributed by atoms with Gasteiger partial charge < -0.3 is 4.74 Å². The molecule has 94 valence electrons. The van der Waals surface area contributed by atoms with Gasteiger partial charge in [-0.3, -0.25) is 0 Å². The molecule has 0 unspecified atom stereocenters. The third kappa shape index (κ3) is 4.42. The Morgan fingerprint density at radius 3 is 2.50 bits per heavy atom. The Kier molecular flexibility index (Phi) is 5.13. The quantitative estimate of drug-likeness (QED) is 0.464. The minimum absolute atomic E-state index is 0.285. The topological polar surface area (TPSA) is 50.1 Å². The molecule has 3 nitrogen and oxygen atoms in total. The number of allylic oxidation sites excluding steroid dienone is 1. The van der Waals surface area contributed by atoms with Gasteiger partial charge in [0.2, 0.25) is 0 Å². The second-order valence-corrected chi connectivity index (χ2v) is 4.56. The molecule has 0 amide bonds. The summed E-state index contributed by atoms with van der Waals surface area (Å²) in [5.74, 6) is -0.187. The Bertz CT molecular complexity index is 478. The molecule has 3 heteroatoms. The van der Waals surface area contributed by atoms with Gasteiger partial charge in [-0.25, -0.2) is 4.79 Å². The first-order valence-electron chi connectivity index (χ1n) is 5.88. The van der Waals surface area contributed by atoms with E-state index in [1.807, 2.05) is 51.1 Å². The highest BCUT2D eigenvalue weighted by molar-refractivity contribution is 5.95. The molecule has 0 bridgehead atoms. The number of esters is 1. The Balaban J connectivity index is 2.80. The minimum Gasteiger partial charge on any atom is -0.462 e. The molecule has 18 heavy (non-hydrogen) atoms. The van der Waals surface area contributed by atoms with E-state index in [9.17, 15) is 4.79 Å². The van der Waals surface area contributed by atoms with Crippen LogP contribution >= 0.6 is 0 Å². The Morgan fingerprint density at radius 2 is 2.00 bits per heavy atom. The van der Waals surface area contributed by atoms with Crippen LogP contribution < -0.4 is 0 Å². The monoisotopic (exact) mass is 243 g/mol. The zero-order valence-corrected chi connectivity index (χ0v) is 10.9. The van der Waals surface area contributed by atoms with Crippen molar-refractivity contribution < 1.29 is 9.53 Å². The summed E-state index contributed by atoms with van der Waals surface area (Å²) < 4.78 is 5.01. The van der Waals surface area contributed by atoms with Gasteiger partial charge in [0.1, 0.15) is 6.07 Å². The van der Waals surface area contributed by atoms with Crippen molar-refractivity contribution in [2.75, 3.05) is 6.61 Å². The van der Waals surface area contributed by atoms with E-state index in [2.05, 4.69) is 0 Å². The van der Waals surface area contributed by atoms with Gasteiger partial charge in [0.05, 0.1) is 12.2 Å². The summed E-state index contributed by atoms with van der Waals surface area (Å²) in [6.07, 6.45) is 1.24. The first-order valence-corrected chi connectivity index (χ1v) is 5.88. The Hall–Kier alpha value is -2.08. The van der Waals surface area contributed by atoms with Gasteiger partial charge in [-0.15, -0.1) is 0 Å². The van der Waals surface area contributed by atoms with E-state index in [4.69, 9.17) is 10.00 Å². The number of aryl methyl sites for hydroxylation is 1. The van der Waals surface area contributed by atoms with Gasteiger partial charge in [0, 0.05) is 6.08 Å². The summed E-state index contributed by atoms with van der Waals surface area (Å²) in [6, 6.07) is 9.46. The van der Waals surface area contributed by atoms with Crippen LogP contribution in [0.15, 0.2) is 30.3 Å². The molecule has 0 saturated heterocycles. The lowest BCUT2D eigenvalue weighted by molar-refractivity contribution is -0.138. The molecular formula is C15H17NO2. The maximum absolute atomic E-state index is 11.5. The van der Waals surface area contributed by atoms with E-state index in [0.29, 0.717) is 12.2 Å². The molecule has 0 heterocycles. The highest BCUT2D eigenvalue weighted by atomic mass is 16.5. The van der Waals surface area contributed by atoms with Crippen LogP contribution in [-0.2, 0) is 9.53 Å². The summed E-state index contributed by atoms with van der Waals surface area (Å²) >= 11 is 0. The average Bonchev–Trinajstić information content (AvgIpc) is 2.34. The third-order valence-corrected chi connectivity index (χ3v) is 2.30. The smallest absolute Gasteiger partial charge is 0.332 e. The van der Waals surface area contributed by atoms with Crippen LogP contribution in [0.4, 0.5) is 0 Å². The number of nitriles is 1. The van der Waals surface area contributed by atoms with Crippen LogP contribution in [0.1, 0.15) is 25.0 Å². The molecule has 0 N–H and O–H groups in total. The largest absolute Gasteiger partial charge is 0.462 e. The number of nitrogens with zero attached hydrogens (tertiary/aromatic N) is 1. The van der Waals surface area contributed by atoms with Crippen LogP contribution in [0.3, 0.4) is 0 Å². The van der Waals surface area contributed by atoms with Crippen LogP contribution in [0.25, 0.3) is 5.57 Å². The predicted molar refractivity (Wildman–Crippen MR) is 70.6 cm³/mol. The number of hydrogen-bond acceptors (Lipinski definition) is 3. The second kappa shape index (κ2) is 6.61. The van der Waals surface area contributed by atoms with Crippen molar-refractivity contribution in [2.45, 2.75) is 20.8 Å². The van der Waals surface area contributed by atoms with Gasteiger partial charge in [-0.2, -0.15) is 5.26 Å². The molecule has 1 rings (SSSR count). The summed E-state index contributed by atoms with van der Waals surface area (Å²) in [6.45, 7) is 6.25. The van der Waals surface area contributed by atoms with Crippen LogP contribution in [0.2, 0.25) is 0 Å². The summed E-state index contributed by atoms with van der Waals surface area (Å²) in [5, 5.41) is 9.05. The van der Waals surface area contributed by atoms with Gasteiger partial charge in [-0.05, 0) is 18.4 Å². The SMILES string of the molecule is Cc1ccc(C(C#N)=CC(=O)OCC(C)C)cc1. The summed E-state index contributed by atoms with van der Waals surface area (Å²) in [5.41, 5.74) is 2.16. The highest BCUT2D eigenvalue weighted by Crippen LogP contribution is 2.14. The standard InChI is InChI=1S/C15H17NO2/c1-11(2)10-18-15(17)8-14(9-16)13-6-4-12(3)5-7-13/h4-8,11H,10H2,1-3H3. The van der Waals surface area contributed by atoms with Crippen LogP contribution in [0.5, 0.6) is 0 Å². The maximum atomic E-state index is 11.5. The van der Waals surface area contributed by atoms with Crippen molar-refractivity contribution in [1.82, 2.24) is 0 Å². The lowest BCUT2D eigenvalue weighted by atomic mass is 10.1. The van der Waals surface area contributed by atoms with Crippen molar-refractivity contribution >= 4 is 11.5 Å². The molecule has 0 atom stereocenters. The first kappa shape index (κ1) is 14.0. The fraction of sp³-hybridized carbons (Fsp3) is 0.333. The lowest BCUT2D eigenvalue weighted by Gasteiger charge is -2.05. The van der Waals surface area contributed by atoms with E-state index in [0.717, 1.165) is 11.1 Å². The van der Waals surface area contributed by atoms with Crippen molar-refractivity contribution in [1.29, 1.82) is 5.26 Å². The van der Waals surface area contributed by atoms with Gasteiger partial charge in [0.15, 0.2) is 0 Å². The van der Waals surface area contributed by atoms with Crippen molar-refractivity contribution in [3.05, 3.63) is 41.5 Å². The fourth-order valence-corrected chi connectivity index (χ4v) is 1.32. The summed E-state index contributed by atoms with van der Waals surface area (Å²) in [4.78, 5) is 11.5. The number of hydrogen-bond donors (Lipinski definition) is 0. The third-order valence-electron chi connectivity index (χ3n) is 2.30. The molecule has 0 radical (unpaired) electrons. The van der Waals surface area contributed by atoms with E-state index in [-0.39, 0.29) is 5.92 Å². The van der Waals surface area contributed by atoms with Gasteiger partial charge in [0.25, 0.3) is 0 Å². The number of ether oxygens (including phenoxy) is 1. The fourth-order valence-electron chi connectivity index (χ4n) is 1.32. The molecule has 0 fully saturated rings. The second-order valence-electron chi connectivity index (χ2n) is 4.56. The zero-order valence-electron chi connectivity index (χ0n) is 10.9. The van der Waals surface area contributed by atoms with Gasteiger partial charge >= 0.3 is 5.97 Å². The predicted octanol–water partition coefficient (Wildman–Crippen LogP) is 3.10. The maximum Gasteiger partial charge on any atom is 0.332 e. The van der Waals surface area contributed by atoms with E-state index < -0.39 is 5.97 Å². The normalized spacial score (nSPS) is 11.2. The van der Waals surface area contributed by atoms with Crippen LogP contribution in [0, 0.1) is 24.2 Å². The van der Waals surface area contributed by atoms with Crippen molar-refractivity contribution in [3.63, 3.8) is 0 Å². The zero-order chi connectivity index (χ0) is 13.5. The van der Waals surface area contributed by atoms with Gasteiger partial charge in [-0.1, -0.05) is 43.7 Å². The Morgan fingerprint density at radius 1 is 1.39 bits per heavy atom. The van der Waals surface area contributed by atoms with E-state index in [1.54, 1.807) is 0 Å². The molecule has 0 saturated carbocycles.